The van der Waals surface area contributed by atoms with Gasteiger partial charge in [-0.2, -0.15) is 0 Å². The van der Waals surface area contributed by atoms with Crippen molar-refractivity contribution in [3.63, 3.8) is 0 Å². The third-order valence-corrected chi connectivity index (χ3v) is 3.31. The van der Waals surface area contributed by atoms with Crippen LogP contribution in [0, 0.1) is 0 Å². The molecule has 1 aliphatic rings. The number of para-hydroxylation sites is 1. The second-order valence-corrected chi connectivity index (χ2v) is 4.68. The molecule has 3 nitrogen and oxygen atoms in total. The van der Waals surface area contributed by atoms with Gasteiger partial charge in [0.1, 0.15) is 17.7 Å². The lowest BCUT2D eigenvalue weighted by Crippen LogP contribution is -2.13. The first-order valence-electron chi connectivity index (χ1n) is 6.26. The Morgan fingerprint density at radius 2 is 2.17 bits per heavy atom. The highest BCUT2D eigenvalue weighted by Crippen LogP contribution is 2.29. The maximum atomic E-state index is 5.91. The van der Waals surface area contributed by atoms with E-state index in [1.54, 1.807) is 6.20 Å². The Balaban J connectivity index is 1.60. The molecule has 2 heterocycles. The van der Waals surface area contributed by atoms with Crippen LogP contribution in [0.4, 0.5) is 5.82 Å². The smallest absolute Gasteiger partial charge is 0.123 e. The number of nitrogen functional groups attached to an aromatic ring is 1. The van der Waals surface area contributed by atoms with Crippen molar-refractivity contribution in [1.82, 2.24) is 4.98 Å². The topological polar surface area (TPSA) is 48.1 Å². The van der Waals surface area contributed by atoms with E-state index in [0.717, 1.165) is 25.0 Å². The fraction of sp³-hybridized carbons (Fsp3) is 0.267. The van der Waals surface area contributed by atoms with Gasteiger partial charge in [-0.25, -0.2) is 4.98 Å². The first-order chi connectivity index (χ1) is 8.81. The molecule has 0 saturated heterocycles. The number of nitrogens with zero attached hydrogens (tertiary/aromatic N) is 1. The average Bonchev–Trinajstić information content (AvgIpc) is 2.79. The van der Waals surface area contributed by atoms with Crippen molar-refractivity contribution in [1.29, 1.82) is 0 Å². The molecule has 2 aromatic rings. The highest BCUT2D eigenvalue weighted by molar-refractivity contribution is 5.37. The third kappa shape index (κ3) is 2.30. The summed E-state index contributed by atoms with van der Waals surface area (Å²) in [5, 5.41) is 0. The number of nitrogens with two attached hydrogens (primary N) is 1. The van der Waals surface area contributed by atoms with E-state index >= 15 is 0 Å². The summed E-state index contributed by atoms with van der Waals surface area (Å²) in [6.45, 7) is 0. The number of pyridine rings is 1. The minimum Gasteiger partial charge on any atom is -0.490 e. The predicted octanol–water partition coefficient (Wildman–Crippen LogP) is 2.60. The van der Waals surface area contributed by atoms with Gasteiger partial charge in [-0.3, -0.25) is 0 Å². The molecule has 1 unspecified atom stereocenters. The van der Waals surface area contributed by atoms with Gasteiger partial charge in [0.15, 0.2) is 0 Å². The maximum Gasteiger partial charge on any atom is 0.123 e. The molecule has 0 spiro atoms. The van der Waals surface area contributed by atoms with Gasteiger partial charge < -0.3 is 10.5 Å². The summed E-state index contributed by atoms with van der Waals surface area (Å²) >= 11 is 0. The zero-order chi connectivity index (χ0) is 12.4. The van der Waals surface area contributed by atoms with E-state index < -0.39 is 0 Å². The quantitative estimate of drug-likeness (QED) is 0.897. The van der Waals surface area contributed by atoms with Crippen LogP contribution >= 0.6 is 0 Å². The minimum atomic E-state index is 0.289. The lowest BCUT2D eigenvalue weighted by molar-refractivity contribution is 0.222. The van der Waals surface area contributed by atoms with Crippen molar-refractivity contribution in [2.24, 2.45) is 0 Å². The van der Waals surface area contributed by atoms with E-state index in [-0.39, 0.29) is 6.10 Å². The highest BCUT2D eigenvalue weighted by atomic mass is 16.5. The van der Waals surface area contributed by atoms with Gasteiger partial charge in [-0.1, -0.05) is 18.2 Å². The summed E-state index contributed by atoms with van der Waals surface area (Å²) in [5.41, 5.74) is 8.21. The van der Waals surface area contributed by atoms with Gasteiger partial charge in [0.2, 0.25) is 0 Å². The van der Waals surface area contributed by atoms with Crippen LogP contribution in [0.1, 0.15) is 17.5 Å². The SMILES string of the molecule is Nc1cc(CCC2Cc3ccccc3O2)ccn1. The van der Waals surface area contributed by atoms with E-state index in [2.05, 4.69) is 17.1 Å². The van der Waals surface area contributed by atoms with E-state index in [1.807, 2.05) is 24.3 Å². The molecule has 3 heteroatoms. The number of benzene rings is 1. The average molecular weight is 240 g/mol. The Morgan fingerprint density at radius 3 is 3.00 bits per heavy atom. The van der Waals surface area contributed by atoms with Crippen molar-refractivity contribution in [2.75, 3.05) is 5.73 Å². The molecule has 0 fully saturated rings. The van der Waals surface area contributed by atoms with Crippen LogP contribution in [0.2, 0.25) is 0 Å². The standard InChI is InChI=1S/C15H16N2O/c16-15-9-11(7-8-17-15)5-6-13-10-12-3-1-2-4-14(12)18-13/h1-4,7-9,13H,5-6,10H2,(H2,16,17). The second kappa shape index (κ2) is 4.69. The van der Waals surface area contributed by atoms with Crippen molar-refractivity contribution in [2.45, 2.75) is 25.4 Å². The highest BCUT2D eigenvalue weighted by Gasteiger charge is 2.21. The monoisotopic (exact) mass is 240 g/mol. The number of aromatic nitrogens is 1. The van der Waals surface area contributed by atoms with E-state index in [0.29, 0.717) is 5.82 Å². The van der Waals surface area contributed by atoms with Gasteiger partial charge in [0.05, 0.1) is 0 Å². The molecule has 3 rings (SSSR count). The number of rotatable bonds is 3. The van der Waals surface area contributed by atoms with Gasteiger partial charge in [-0.05, 0) is 42.2 Å². The molecule has 92 valence electrons. The van der Waals surface area contributed by atoms with Crippen LogP contribution in [-0.2, 0) is 12.8 Å². The first kappa shape index (κ1) is 11.1. The molecule has 0 saturated carbocycles. The Hall–Kier alpha value is -2.03. The molecule has 2 N–H and O–H groups in total. The molecular formula is C15H16N2O. The molecule has 0 aliphatic carbocycles. The van der Waals surface area contributed by atoms with Crippen LogP contribution in [0.5, 0.6) is 5.75 Å². The van der Waals surface area contributed by atoms with Crippen molar-refractivity contribution >= 4 is 5.82 Å². The van der Waals surface area contributed by atoms with Gasteiger partial charge in [0, 0.05) is 12.6 Å². The Labute approximate surface area is 107 Å². The number of fused-ring (bicyclic) bond motifs is 1. The molecule has 0 bridgehead atoms. The summed E-state index contributed by atoms with van der Waals surface area (Å²) in [7, 11) is 0. The second-order valence-electron chi connectivity index (χ2n) is 4.68. The molecule has 1 atom stereocenters. The van der Waals surface area contributed by atoms with Crippen molar-refractivity contribution in [3.05, 3.63) is 53.7 Å². The largest absolute Gasteiger partial charge is 0.490 e. The third-order valence-electron chi connectivity index (χ3n) is 3.31. The summed E-state index contributed by atoms with van der Waals surface area (Å²) in [6.07, 6.45) is 5.05. The van der Waals surface area contributed by atoms with Crippen LogP contribution in [0.3, 0.4) is 0 Å². The van der Waals surface area contributed by atoms with Crippen LogP contribution in [-0.4, -0.2) is 11.1 Å². The Bertz CT molecular complexity index is 529. The fourth-order valence-corrected chi connectivity index (χ4v) is 2.39. The van der Waals surface area contributed by atoms with Gasteiger partial charge >= 0.3 is 0 Å². The predicted molar refractivity (Wildman–Crippen MR) is 71.5 cm³/mol. The number of aryl methyl sites for hydroxylation is 1. The van der Waals surface area contributed by atoms with Gasteiger partial charge in [0.25, 0.3) is 0 Å². The number of ether oxygens (including phenoxy) is 1. The molecule has 1 aliphatic heterocycles. The molecule has 1 aromatic heterocycles. The molecular weight excluding hydrogens is 224 g/mol. The summed E-state index contributed by atoms with van der Waals surface area (Å²) in [5.74, 6) is 1.62. The van der Waals surface area contributed by atoms with Crippen LogP contribution in [0.15, 0.2) is 42.6 Å². The minimum absolute atomic E-state index is 0.289. The summed E-state index contributed by atoms with van der Waals surface area (Å²) in [4.78, 5) is 4.00. The molecule has 0 amide bonds. The maximum absolute atomic E-state index is 5.91. The molecule has 18 heavy (non-hydrogen) atoms. The van der Waals surface area contributed by atoms with E-state index in [9.17, 15) is 0 Å². The summed E-state index contributed by atoms with van der Waals surface area (Å²) in [6, 6.07) is 12.2. The first-order valence-corrected chi connectivity index (χ1v) is 6.26. The molecule has 1 aromatic carbocycles. The normalized spacial score (nSPS) is 17.2. The van der Waals surface area contributed by atoms with Gasteiger partial charge in [-0.15, -0.1) is 0 Å². The Morgan fingerprint density at radius 1 is 1.28 bits per heavy atom. The van der Waals surface area contributed by atoms with E-state index in [4.69, 9.17) is 10.5 Å². The zero-order valence-electron chi connectivity index (χ0n) is 10.2. The number of hydrogen-bond acceptors (Lipinski definition) is 3. The lowest BCUT2D eigenvalue weighted by atomic mass is 10.0. The van der Waals surface area contributed by atoms with Crippen LogP contribution < -0.4 is 10.5 Å². The summed E-state index contributed by atoms with van der Waals surface area (Å²) < 4.78 is 5.91. The van der Waals surface area contributed by atoms with Crippen molar-refractivity contribution in [3.8, 4) is 5.75 Å². The number of anilines is 1. The Kier molecular flexibility index (Phi) is 2.89. The van der Waals surface area contributed by atoms with Crippen molar-refractivity contribution < 1.29 is 4.74 Å². The molecule has 0 radical (unpaired) electrons. The number of hydrogen-bond donors (Lipinski definition) is 1. The fourth-order valence-electron chi connectivity index (χ4n) is 2.39. The van der Waals surface area contributed by atoms with Crippen LogP contribution in [0.25, 0.3) is 0 Å². The van der Waals surface area contributed by atoms with E-state index in [1.165, 1.54) is 11.1 Å². The lowest BCUT2D eigenvalue weighted by Gasteiger charge is -2.10. The zero-order valence-corrected chi connectivity index (χ0v) is 10.2.